The number of nitriles is 1. The predicted octanol–water partition coefficient (Wildman–Crippen LogP) is 7.11. The minimum atomic E-state index is -0.195. The number of thiazole rings is 1. The summed E-state index contributed by atoms with van der Waals surface area (Å²) in [5.41, 5.74) is 11.5. The molecule has 0 aliphatic carbocycles. The first-order valence-corrected chi connectivity index (χ1v) is 14.5. The number of nitrogens with zero attached hydrogens (tertiary/aromatic N) is 4. The smallest absolute Gasteiger partial charge is 0.202 e. The average Bonchev–Trinajstić information content (AvgIpc) is 3.48. The molecule has 3 aromatic carbocycles. The van der Waals surface area contributed by atoms with Gasteiger partial charge in [-0.15, -0.1) is 0 Å². The maximum absolute atomic E-state index is 11.2. The van der Waals surface area contributed by atoms with E-state index in [1.54, 1.807) is 12.1 Å². The molecule has 6 rings (SSSR count). The quantitative estimate of drug-likeness (QED) is 0.217. The van der Waals surface area contributed by atoms with Crippen molar-refractivity contribution in [2.75, 3.05) is 41.9 Å². The Balaban J connectivity index is 1.33. The summed E-state index contributed by atoms with van der Waals surface area (Å²) in [6.45, 7) is 8.26. The average molecular weight is 559 g/mol. The van der Waals surface area contributed by atoms with Gasteiger partial charge in [0.25, 0.3) is 0 Å². The number of fused-ring (bicyclic) bond motifs is 3. The molecule has 0 unspecified atom stereocenters. The molecule has 0 atom stereocenters. The van der Waals surface area contributed by atoms with Crippen LogP contribution in [0.3, 0.4) is 0 Å². The summed E-state index contributed by atoms with van der Waals surface area (Å²) >= 11 is 7.68. The van der Waals surface area contributed by atoms with E-state index in [0.717, 1.165) is 70.4 Å². The number of hydrogen-bond donors (Lipinski definition) is 3. The Morgan fingerprint density at radius 2 is 1.92 bits per heavy atom. The second-order valence-corrected chi connectivity index (χ2v) is 12.4. The molecule has 0 saturated carbocycles. The Bertz CT molecular complexity index is 1570. The number of hydrazine groups is 1. The summed E-state index contributed by atoms with van der Waals surface area (Å²) in [6.07, 6.45) is 1.90. The minimum absolute atomic E-state index is 0.195. The number of para-hydroxylation sites is 2. The van der Waals surface area contributed by atoms with Gasteiger partial charge in [0.2, 0.25) is 5.13 Å². The van der Waals surface area contributed by atoms with E-state index in [2.05, 4.69) is 51.6 Å². The third-order valence-corrected chi connectivity index (χ3v) is 8.99. The highest BCUT2D eigenvalue weighted by molar-refractivity contribution is 7.22. The molecule has 0 bridgehead atoms. The van der Waals surface area contributed by atoms with Crippen LogP contribution in [0.15, 0.2) is 54.6 Å². The lowest BCUT2D eigenvalue weighted by atomic mass is 9.72. The Morgan fingerprint density at radius 3 is 2.69 bits per heavy atom. The van der Waals surface area contributed by atoms with Crippen molar-refractivity contribution in [3.63, 3.8) is 0 Å². The summed E-state index contributed by atoms with van der Waals surface area (Å²) in [6, 6.07) is 19.6. The van der Waals surface area contributed by atoms with Gasteiger partial charge in [0.05, 0.1) is 38.9 Å². The molecule has 39 heavy (non-hydrogen) atoms. The van der Waals surface area contributed by atoms with Gasteiger partial charge in [0.15, 0.2) is 0 Å². The summed E-state index contributed by atoms with van der Waals surface area (Å²) < 4.78 is 1.01. The zero-order valence-electron chi connectivity index (χ0n) is 22.0. The summed E-state index contributed by atoms with van der Waals surface area (Å²) in [7, 11) is 0. The minimum Gasteiger partial charge on any atom is -0.506 e. The number of benzene rings is 3. The lowest BCUT2D eigenvalue weighted by molar-refractivity contribution is 0.153. The largest absolute Gasteiger partial charge is 0.506 e. The number of aromatic nitrogens is 1. The number of halogens is 1. The molecule has 3 N–H and O–H groups in total. The molecule has 0 amide bonds. The third kappa shape index (κ3) is 4.76. The van der Waals surface area contributed by atoms with Gasteiger partial charge in [-0.2, -0.15) is 5.26 Å². The van der Waals surface area contributed by atoms with E-state index in [1.807, 2.05) is 36.4 Å². The molecule has 3 heterocycles. The van der Waals surface area contributed by atoms with Gasteiger partial charge < -0.3 is 14.9 Å². The summed E-state index contributed by atoms with van der Waals surface area (Å²) in [5, 5.41) is 22.6. The highest BCUT2D eigenvalue weighted by Crippen LogP contribution is 2.55. The predicted molar refractivity (Wildman–Crippen MR) is 160 cm³/mol. The maximum Gasteiger partial charge on any atom is 0.202 e. The van der Waals surface area contributed by atoms with Crippen LogP contribution in [0.25, 0.3) is 10.2 Å². The summed E-state index contributed by atoms with van der Waals surface area (Å²) in [5.74, 6) is 0.819. The van der Waals surface area contributed by atoms with E-state index in [-0.39, 0.29) is 11.2 Å². The fourth-order valence-corrected chi connectivity index (χ4v) is 7.22. The van der Waals surface area contributed by atoms with E-state index in [4.69, 9.17) is 11.6 Å². The van der Waals surface area contributed by atoms with Crippen LogP contribution < -0.4 is 15.8 Å². The molecule has 4 aromatic rings. The van der Waals surface area contributed by atoms with Crippen LogP contribution in [0.2, 0.25) is 5.02 Å². The highest BCUT2D eigenvalue weighted by Gasteiger charge is 2.48. The van der Waals surface area contributed by atoms with Gasteiger partial charge in [0, 0.05) is 29.1 Å². The molecule has 2 aliphatic heterocycles. The van der Waals surface area contributed by atoms with Crippen LogP contribution in [0.1, 0.15) is 37.8 Å². The molecule has 2 aliphatic rings. The molecule has 1 fully saturated rings. The van der Waals surface area contributed by atoms with E-state index < -0.39 is 0 Å². The van der Waals surface area contributed by atoms with Gasteiger partial charge >= 0.3 is 0 Å². The normalized spacial score (nSPS) is 16.5. The Hall–Kier alpha value is -3.51. The number of piperidine rings is 1. The van der Waals surface area contributed by atoms with Gasteiger partial charge in [-0.3, -0.25) is 10.9 Å². The topological polar surface area (TPSA) is 87.4 Å². The van der Waals surface area contributed by atoms with Crippen LogP contribution in [0, 0.1) is 17.2 Å². The van der Waals surface area contributed by atoms with Crippen LogP contribution in [-0.4, -0.2) is 41.2 Å². The first-order chi connectivity index (χ1) is 18.9. The van der Waals surface area contributed by atoms with E-state index in [9.17, 15) is 10.4 Å². The van der Waals surface area contributed by atoms with Crippen molar-refractivity contribution in [3.8, 4) is 11.8 Å². The molecule has 9 heteroatoms. The zero-order chi connectivity index (χ0) is 27.1. The van der Waals surface area contributed by atoms with Gasteiger partial charge in [-0.05, 0) is 74.3 Å². The van der Waals surface area contributed by atoms with Crippen LogP contribution in [0.4, 0.5) is 22.2 Å². The molecule has 7 nitrogen and oxygen atoms in total. The number of anilines is 4. The number of nitrogens with one attached hydrogen (secondary N) is 2. The Morgan fingerprint density at radius 1 is 1.13 bits per heavy atom. The van der Waals surface area contributed by atoms with Crippen LogP contribution >= 0.6 is 22.9 Å². The van der Waals surface area contributed by atoms with Crippen molar-refractivity contribution in [1.82, 2.24) is 9.88 Å². The van der Waals surface area contributed by atoms with Crippen molar-refractivity contribution >= 4 is 55.3 Å². The van der Waals surface area contributed by atoms with Crippen molar-refractivity contribution in [3.05, 3.63) is 70.7 Å². The van der Waals surface area contributed by atoms with E-state index in [0.29, 0.717) is 23.0 Å². The zero-order valence-corrected chi connectivity index (χ0v) is 23.6. The van der Waals surface area contributed by atoms with Crippen LogP contribution in [0.5, 0.6) is 5.75 Å². The Kier molecular flexibility index (Phi) is 6.76. The van der Waals surface area contributed by atoms with Gasteiger partial charge in [0.1, 0.15) is 5.75 Å². The molecule has 1 spiro atoms. The van der Waals surface area contributed by atoms with Crippen molar-refractivity contribution in [2.45, 2.75) is 32.1 Å². The number of aromatic hydroxyl groups is 1. The number of hydrogen-bond acceptors (Lipinski definition) is 8. The standard InChI is InChI=1S/C30H31ClN6OS/c1-19(2)17-36-13-11-30(12-14-36)18-37(28-25(38)10-7-20(16-32)27(28)30)24-6-4-3-5-22(24)34-35-29-33-23-9-8-21(31)15-26(23)39-29/h3-10,15,19,34,38H,11-14,17-18H2,1-2H3,(H,33,35). The monoisotopic (exact) mass is 558 g/mol. The molecule has 1 saturated heterocycles. The van der Waals surface area contributed by atoms with Crippen molar-refractivity contribution in [1.29, 1.82) is 5.26 Å². The first kappa shape index (κ1) is 25.8. The molecular formula is C30H31ClN6OS. The fraction of sp³-hybridized carbons (Fsp3) is 0.333. The lowest BCUT2D eigenvalue weighted by Gasteiger charge is -2.40. The van der Waals surface area contributed by atoms with E-state index in [1.165, 1.54) is 11.3 Å². The SMILES string of the molecule is CC(C)CN1CCC2(CC1)CN(c1ccccc1NNc1nc3ccc(Cl)cc3s1)c1c(O)ccc(C#N)c12. The molecule has 0 radical (unpaired) electrons. The maximum atomic E-state index is 11.2. The number of likely N-dealkylation sites (tertiary alicyclic amines) is 1. The first-order valence-electron chi connectivity index (χ1n) is 13.3. The number of phenols is 1. The van der Waals surface area contributed by atoms with Gasteiger partial charge in [-0.1, -0.05) is 48.9 Å². The van der Waals surface area contributed by atoms with Crippen molar-refractivity contribution < 1.29 is 5.11 Å². The van der Waals surface area contributed by atoms with Crippen LogP contribution in [-0.2, 0) is 5.41 Å². The highest BCUT2D eigenvalue weighted by atomic mass is 35.5. The second kappa shape index (κ2) is 10.2. The third-order valence-electron chi connectivity index (χ3n) is 7.82. The summed E-state index contributed by atoms with van der Waals surface area (Å²) in [4.78, 5) is 9.37. The van der Waals surface area contributed by atoms with Gasteiger partial charge in [-0.25, -0.2) is 4.98 Å². The van der Waals surface area contributed by atoms with Crippen molar-refractivity contribution in [2.24, 2.45) is 5.92 Å². The second-order valence-electron chi connectivity index (χ2n) is 10.9. The molecule has 1 aromatic heterocycles. The molecule has 200 valence electrons. The molecular weight excluding hydrogens is 528 g/mol. The fourth-order valence-electron chi connectivity index (χ4n) is 6.13. The Labute approximate surface area is 237 Å². The van der Waals surface area contributed by atoms with E-state index >= 15 is 0 Å². The number of phenolic OH excluding ortho intramolecular Hbond substituents is 1. The number of rotatable bonds is 6. The lowest BCUT2D eigenvalue weighted by Crippen LogP contribution is -2.45.